The Morgan fingerprint density at radius 2 is 2.11 bits per heavy atom. The molecule has 5 nitrogen and oxygen atoms in total. The molecular weight excluding hydrogens is 288 g/mol. The Hall–Kier alpha value is -1.37. The van der Waals surface area contributed by atoms with Gasteiger partial charge >= 0.3 is 0 Å². The Morgan fingerprint density at radius 3 is 2.68 bits per heavy atom. The zero-order valence-corrected chi connectivity index (χ0v) is 12.0. The van der Waals surface area contributed by atoms with Gasteiger partial charge in [0.15, 0.2) is 0 Å². The van der Waals surface area contributed by atoms with Crippen molar-refractivity contribution < 1.29 is 12.8 Å². The van der Waals surface area contributed by atoms with Crippen LogP contribution < -0.4 is 4.72 Å². The summed E-state index contributed by atoms with van der Waals surface area (Å²) in [6, 6.07) is 4.44. The predicted molar refractivity (Wildman–Crippen MR) is 71.4 cm³/mol. The number of nitrogens with zero attached hydrogens (tertiary/aromatic N) is 1. The molecular formula is C12H13ClN2O3S. The zero-order chi connectivity index (χ0) is 14.0. The van der Waals surface area contributed by atoms with Gasteiger partial charge in [-0.25, -0.2) is 13.1 Å². The Morgan fingerprint density at radius 1 is 1.37 bits per heavy atom. The average molecular weight is 301 g/mol. The highest BCUT2D eigenvalue weighted by molar-refractivity contribution is 7.89. The van der Waals surface area contributed by atoms with Gasteiger partial charge in [0.25, 0.3) is 0 Å². The van der Waals surface area contributed by atoms with E-state index < -0.39 is 16.1 Å². The molecule has 0 amide bonds. The molecule has 2 aromatic rings. The number of pyridine rings is 1. The van der Waals surface area contributed by atoms with Crippen LogP contribution in [0.3, 0.4) is 0 Å². The predicted octanol–water partition coefficient (Wildman–Crippen LogP) is 2.68. The molecule has 0 spiro atoms. The van der Waals surface area contributed by atoms with E-state index in [0.29, 0.717) is 5.76 Å². The maximum absolute atomic E-state index is 12.2. The summed E-state index contributed by atoms with van der Waals surface area (Å²) in [6.07, 6.45) is 2.64. The molecule has 0 bridgehead atoms. The van der Waals surface area contributed by atoms with Gasteiger partial charge in [-0.1, -0.05) is 11.6 Å². The van der Waals surface area contributed by atoms with E-state index in [2.05, 4.69) is 9.71 Å². The van der Waals surface area contributed by atoms with Crippen LogP contribution in [0.1, 0.15) is 24.5 Å². The number of halogens is 1. The minimum absolute atomic E-state index is 0.0493. The molecule has 1 N–H and O–H groups in total. The second kappa shape index (κ2) is 5.32. The number of rotatable bonds is 4. The van der Waals surface area contributed by atoms with E-state index in [1.807, 2.05) is 0 Å². The minimum atomic E-state index is -3.73. The SMILES string of the molecule is Cc1ccc(C(C)NS(=O)(=O)c2cnccc2Cl)o1. The van der Waals surface area contributed by atoms with Gasteiger partial charge in [0, 0.05) is 12.4 Å². The first-order chi connectivity index (χ1) is 8.90. The Kier molecular flexibility index (Phi) is 3.93. The third kappa shape index (κ3) is 3.15. The highest BCUT2D eigenvalue weighted by atomic mass is 35.5. The lowest BCUT2D eigenvalue weighted by molar-refractivity contribution is 0.441. The van der Waals surface area contributed by atoms with Gasteiger partial charge in [-0.3, -0.25) is 4.98 Å². The van der Waals surface area contributed by atoms with Crippen LogP contribution in [-0.2, 0) is 10.0 Å². The molecule has 2 heterocycles. The van der Waals surface area contributed by atoms with E-state index in [1.54, 1.807) is 26.0 Å². The molecule has 0 fully saturated rings. The van der Waals surface area contributed by atoms with Gasteiger partial charge in [0.1, 0.15) is 16.4 Å². The van der Waals surface area contributed by atoms with Crippen LogP contribution in [-0.4, -0.2) is 13.4 Å². The maximum atomic E-state index is 12.2. The van der Waals surface area contributed by atoms with Crippen LogP contribution in [0.5, 0.6) is 0 Å². The lowest BCUT2D eigenvalue weighted by Gasteiger charge is -2.12. The van der Waals surface area contributed by atoms with Crippen molar-refractivity contribution in [2.75, 3.05) is 0 Å². The topological polar surface area (TPSA) is 72.2 Å². The molecule has 1 unspecified atom stereocenters. The Balaban J connectivity index is 2.25. The largest absolute Gasteiger partial charge is 0.465 e. The van der Waals surface area contributed by atoms with Crippen molar-refractivity contribution in [2.24, 2.45) is 0 Å². The first kappa shape index (κ1) is 14.0. The van der Waals surface area contributed by atoms with Crippen LogP contribution in [0.2, 0.25) is 5.02 Å². The number of hydrogen-bond donors (Lipinski definition) is 1. The number of furan rings is 1. The second-order valence-electron chi connectivity index (χ2n) is 4.10. The van der Waals surface area contributed by atoms with Crippen LogP contribution in [0, 0.1) is 6.92 Å². The summed E-state index contributed by atoms with van der Waals surface area (Å²) in [5.74, 6) is 1.27. The highest BCUT2D eigenvalue weighted by Gasteiger charge is 2.22. The van der Waals surface area contributed by atoms with Crippen molar-refractivity contribution in [1.82, 2.24) is 9.71 Å². The molecule has 7 heteroatoms. The van der Waals surface area contributed by atoms with E-state index >= 15 is 0 Å². The lowest BCUT2D eigenvalue weighted by Crippen LogP contribution is -2.27. The lowest BCUT2D eigenvalue weighted by atomic mass is 10.3. The number of nitrogens with one attached hydrogen (secondary N) is 1. The maximum Gasteiger partial charge on any atom is 0.244 e. The summed E-state index contributed by atoms with van der Waals surface area (Å²) in [5.41, 5.74) is 0. The third-order valence-corrected chi connectivity index (χ3v) is 4.55. The molecule has 2 rings (SSSR count). The summed E-state index contributed by atoms with van der Waals surface area (Å²) in [4.78, 5) is 3.72. The van der Waals surface area contributed by atoms with E-state index in [4.69, 9.17) is 16.0 Å². The normalized spacial score (nSPS) is 13.4. The summed E-state index contributed by atoms with van der Waals surface area (Å²) in [7, 11) is -3.73. The minimum Gasteiger partial charge on any atom is -0.465 e. The molecule has 19 heavy (non-hydrogen) atoms. The van der Waals surface area contributed by atoms with Crippen molar-refractivity contribution in [3.63, 3.8) is 0 Å². The van der Waals surface area contributed by atoms with Crippen molar-refractivity contribution >= 4 is 21.6 Å². The monoisotopic (exact) mass is 300 g/mol. The summed E-state index contributed by atoms with van der Waals surface area (Å²) in [5, 5.41) is 0.130. The zero-order valence-electron chi connectivity index (χ0n) is 10.4. The summed E-state index contributed by atoms with van der Waals surface area (Å²) >= 11 is 5.86. The fourth-order valence-corrected chi connectivity index (χ4v) is 3.24. The average Bonchev–Trinajstić information content (AvgIpc) is 2.76. The van der Waals surface area contributed by atoms with E-state index in [1.165, 1.54) is 18.5 Å². The van der Waals surface area contributed by atoms with Gasteiger partial charge < -0.3 is 4.42 Å². The van der Waals surface area contributed by atoms with E-state index in [9.17, 15) is 8.42 Å². The molecule has 0 aliphatic heterocycles. The molecule has 2 aromatic heterocycles. The quantitative estimate of drug-likeness (QED) is 0.942. The van der Waals surface area contributed by atoms with Gasteiger partial charge in [0.2, 0.25) is 10.0 Å². The number of aryl methyl sites for hydroxylation is 1. The smallest absolute Gasteiger partial charge is 0.244 e. The summed E-state index contributed by atoms with van der Waals surface area (Å²) < 4.78 is 32.2. The standard InChI is InChI=1S/C12H13ClN2O3S/c1-8-3-4-11(18-8)9(2)15-19(16,17)12-7-14-6-5-10(12)13/h3-7,9,15H,1-2H3. The Labute approximate surface area is 116 Å². The van der Waals surface area contributed by atoms with Crippen LogP contribution in [0.15, 0.2) is 39.9 Å². The first-order valence-corrected chi connectivity index (χ1v) is 7.44. The highest BCUT2D eigenvalue weighted by Crippen LogP contribution is 2.22. The molecule has 0 aliphatic rings. The van der Waals surface area contributed by atoms with E-state index in [0.717, 1.165) is 5.76 Å². The molecule has 0 aromatic carbocycles. The number of hydrogen-bond acceptors (Lipinski definition) is 4. The fraction of sp³-hybridized carbons (Fsp3) is 0.250. The second-order valence-corrected chi connectivity index (χ2v) is 6.19. The molecule has 1 atom stereocenters. The van der Waals surface area contributed by atoms with Gasteiger partial charge in [-0.15, -0.1) is 0 Å². The molecule has 0 radical (unpaired) electrons. The summed E-state index contributed by atoms with van der Waals surface area (Å²) in [6.45, 7) is 3.49. The van der Waals surface area contributed by atoms with Crippen LogP contribution >= 0.6 is 11.6 Å². The molecule has 0 saturated heterocycles. The third-order valence-electron chi connectivity index (χ3n) is 2.54. The van der Waals surface area contributed by atoms with Crippen molar-refractivity contribution in [2.45, 2.75) is 24.8 Å². The van der Waals surface area contributed by atoms with Crippen LogP contribution in [0.25, 0.3) is 0 Å². The van der Waals surface area contributed by atoms with Gasteiger partial charge in [0.05, 0.1) is 11.1 Å². The van der Waals surface area contributed by atoms with Crippen molar-refractivity contribution in [3.05, 3.63) is 47.1 Å². The van der Waals surface area contributed by atoms with Crippen LogP contribution in [0.4, 0.5) is 0 Å². The molecule has 0 aliphatic carbocycles. The van der Waals surface area contributed by atoms with E-state index in [-0.39, 0.29) is 9.92 Å². The number of sulfonamides is 1. The van der Waals surface area contributed by atoms with Gasteiger partial charge in [-0.05, 0) is 32.0 Å². The molecule has 0 saturated carbocycles. The molecule has 102 valence electrons. The van der Waals surface area contributed by atoms with Crippen molar-refractivity contribution in [3.8, 4) is 0 Å². The Bertz CT molecular complexity index is 682. The van der Waals surface area contributed by atoms with Crippen molar-refractivity contribution in [1.29, 1.82) is 0 Å². The first-order valence-electron chi connectivity index (χ1n) is 5.58. The number of aromatic nitrogens is 1. The fourth-order valence-electron chi connectivity index (χ4n) is 1.60. The van der Waals surface area contributed by atoms with Gasteiger partial charge in [-0.2, -0.15) is 0 Å².